The molecule has 4 rings (SSSR count). The van der Waals surface area contributed by atoms with E-state index in [1.54, 1.807) is 13.3 Å². The SMILES string of the molecule is COc1ccc2ncc(N(C)C)c([C@H](O)CCC3(CO)CCN(CC#Cc4c(F)cc(F)cc4F)CC3)c2c1. The van der Waals surface area contributed by atoms with Crippen LogP contribution in [0.1, 0.15) is 42.9 Å². The number of piperidine rings is 1. The van der Waals surface area contributed by atoms with Crippen molar-refractivity contribution in [2.75, 3.05) is 52.3 Å². The van der Waals surface area contributed by atoms with Gasteiger partial charge in [0.2, 0.25) is 0 Å². The standard InChI is InChI=1S/C30H34F3N3O3/c1-35(2)27-18-34-26-7-6-21(39-3)17-23(26)29(27)28(38)8-9-30(19-37)10-13-36(14-11-30)12-4-5-22-24(32)15-20(31)16-25(22)33/h6-7,15-18,28,37-38H,8-14,19H2,1-3H3/t28-/m1/s1. The molecule has 1 aliphatic rings. The molecule has 6 nitrogen and oxygen atoms in total. The molecule has 2 N–H and O–H groups in total. The second-order valence-electron chi connectivity index (χ2n) is 10.4. The van der Waals surface area contributed by atoms with Gasteiger partial charge in [0.1, 0.15) is 23.2 Å². The number of methoxy groups -OCH3 is 1. The van der Waals surface area contributed by atoms with Crippen LogP contribution >= 0.6 is 0 Å². The molecule has 3 aromatic rings. The van der Waals surface area contributed by atoms with Crippen molar-refractivity contribution in [2.24, 2.45) is 5.41 Å². The second kappa shape index (κ2) is 12.2. The van der Waals surface area contributed by atoms with E-state index in [9.17, 15) is 23.4 Å². The molecular formula is C30H34F3N3O3. The van der Waals surface area contributed by atoms with Gasteiger partial charge < -0.3 is 19.8 Å². The normalized spacial score (nSPS) is 16.0. The lowest BCUT2D eigenvalue weighted by molar-refractivity contribution is 0.0274. The number of aliphatic hydroxyl groups is 2. The van der Waals surface area contributed by atoms with Gasteiger partial charge in [-0.1, -0.05) is 11.8 Å². The van der Waals surface area contributed by atoms with Crippen molar-refractivity contribution in [3.63, 3.8) is 0 Å². The van der Waals surface area contributed by atoms with Crippen LogP contribution in [0.3, 0.4) is 0 Å². The summed E-state index contributed by atoms with van der Waals surface area (Å²) >= 11 is 0. The van der Waals surface area contributed by atoms with Gasteiger partial charge in [0, 0.05) is 43.8 Å². The molecule has 2 heterocycles. The molecular weight excluding hydrogens is 507 g/mol. The van der Waals surface area contributed by atoms with E-state index in [0.717, 1.165) is 22.2 Å². The molecule has 0 amide bonds. The zero-order valence-electron chi connectivity index (χ0n) is 22.5. The summed E-state index contributed by atoms with van der Waals surface area (Å²) in [7, 11) is 5.42. The summed E-state index contributed by atoms with van der Waals surface area (Å²) in [5.41, 5.74) is 1.58. The van der Waals surface area contributed by atoms with Gasteiger partial charge in [-0.3, -0.25) is 9.88 Å². The molecule has 1 aromatic heterocycles. The lowest BCUT2D eigenvalue weighted by Gasteiger charge is -2.40. The Bertz CT molecular complexity index is 1360. The first-order chi connectivity index (χ1) is 18.7. The number of ether oxygens (including phenoxy) is 1. The Balaban J connectivity index is 1.43. The molecule has 1 fully saturated rings. The van der Waals surface area contributed by atoms with Crippen molar-refractivity contribution in [1.82, 2.24) is 9.88 Å². The molecule has 0 bridgehead atoms. The van der Waals surface area contributed by atoms with Crippen LogP contribution in [0.25, 0.3) is 10.9 Å². The summed E-state index contributed by atoms with van der Waals surface area (Å²) in [5, 5.41) is 22.6. The molecule has 1 aliphatic heterocycles. The second-order valence-corrected chi connectivity index (χ2v) is 10.4. The van der Waals surface area contributed by atoms with Gasteiger partial charge >= 0.3 is 0 Å². The molecule has 208 valence electrons. The van der Waals surface area contributed by atoms with E-state index in [1.807, 2.05) is 37.2 Å². The molecule has 0 saturated carbocycles. The van der Waals surface area contributed by atoms with Crippen molar-refractivity contribution in [2.45, 2.75) is 31.8 Å². The molecule has 9 heteroatoms. The molecule has 1 saturated heterocycles. The van der Waals surface area contributed by atoms with Gasteiger partial charge in [0.15, 0.2) is 0 Å². The van der Waals surface area contributed by atoms with Crippen molar-refractivity contribution in [3.8, 4) is 17.6 Å². The molecule has 1 atom stereocenters. The fourth-order valence-electron chi connectivity index (χ4n) is 5.18. The number of benzene rings is 2. The maximum Gasteiger partial charge on any atom is 0.144 e. The first-order valence-electron chi connectivity index (χ1n) is 12.9. The summed E-state index contributed by atoms with van der Waals surface area (Å²) in [6.45, 7) is 1.60. The monoisotopic (exact) mass is 541 g/mol. The summed E-state index contributed by atoms with van der Waals surface area (Å²) < 4.78 is 46.2. The minimum atomic E-state index is -1.02. The Morgan fingerprint density at radius 3 is 2.44 bits per heavy atom. The smallest absolute Gasteiger partial charge is 0.144 e. The fourth-order valence-corrected chi connectivity index (χ4v) is 5.18. The van der Waals surface area contributed by atoms with Gasteiger partial charge in [-0.2, -0.15) is 0 Å². The zero-order chi connectivity index (χ0) is 28.2. The van der Waals surface area contributed by atoms with E-state index in [2.05, 4.69) is 21.7 Å². The number of hydrogen-bond donors (Lipinski definition) is 2. The number of anilines is 1. The van der Waals surface area contributed by atoms with Crippen molar-refractivity contribution < 1.29 is 28.1 Å². The van der Waals surface area contributed by atoms with Crippen LogP contribution in [0.15, 0.2) is 36.5 Å². The Morgan fingerprint density at radius 2 is 1.82 bits per heavy atom. The highest BCUT2D eigenvalue weighted by atomic mass is 19.1. The minimum absolute atomic E-state index is 0.00328. The molecule has 0 radical (unpaired) electrons. The van der Waals surface area contributed by atoms with Crippen LogP contribution < -0.4 is 9.64 Å². The third kappa shape index (κ3) is 6.47. The summed E-state index contributed by atoms with van der Waals surface area (Å²) in [4.78, 5) is 8.53. The summed E-state index contributed by atoms with van der Waals surface area (Å²) in [5.74, 6) is 2.92. The highest BCUT2D eigenvalue weighted by Gasteiger charge is 2.34. The van der Waals surface area contributed by atoms with E-state index in [1.165, 1.54) is 0 Å². The number of pyridine rings is 1. The predicted octanol–water partition coefficient (Wildman–Crippen LogP) is 4.67. The van der Waals surface area contributed by atoms with Crippen LogP contribution in [0, 0.1) is 34.7 Å². The van der Waals surface area contributed by atoms with Gasteiger partial charge in [-0.15, -0.1) is 0 Å². The summed E-state index contributed by atoms with van der Waals surface area (Å²) in [6, 6.07) is 6.83. The molecule has 39 heavy (non-hydrogen) atoms. The van der Waals surface area contributed by atoms with Crippen LogP contribution in [0.4, 0.5) is 18.9 Å². The third-order valence-electron chi connectivity index (χ3n) is 7.63. The topological polar surface area (TPSA) is 69.1 Å². The van der Waals surface area contributed by atoms with E-state index in [0.29, 0.717) is 63.2 Å². The first kappa shape index (κ1) is 28.7. The highest BCUT2D eigenvalue weighted by molar-refractivity contribution is 5.88. The molecule has 0 spiro atoms. The lowest BCUT2D eigenvalue weighted by atomic mass is 9.74. The average Bonchev–Trinajstić information content (AvgIpc) is 2.92. The maximum absolute atomic E-state index is 13.8. The largest absolute Gasteiger partial charge is 0.497 e. The first-order valence-corrected chi connectivity index (χ1v) is 12.9. The zero-order valence-corrected chi connectivity index (χ0v) is 22.5. The predicted molar refractivity (Wildman–Crippen MR) is 145 cm³/mol. The van der Waals surface area contributed by atoms with Gasteiger partial charge in [-0.05, 0) is 62.4 Å². The van der Waals surface area contributed by atoms with Crippen molar-refractivity contribution >= 4 is 16.6 Å². The maximum atomic E-state index is 13.8. The number of aromatic nitrogens is 1. The van der Waals surface area contributed by atoms with Crippen molar-refractivity contribution in [3.05, 3.63) is 65.1 Å². The van der Waals surface area contributed by atoms with Gasteiger partial charge in [0.25, 0.3) is 0 Å². The minimum Gasteiger partial charge on any atom is -0.497 e. The third-order valence-corrected chi connectivity index (χ3v) is 7.63. The van der Waals surface area contributed by atoms with Gasteiger partial charge in [0.05, 0.1) is 42.7 Å². The Labute approximate surface area is 227 Å². The van der Waals surface area contributed by atoms with Crippen LogP contribution in [0.2, 0.25) is 0 Å². The van der Waals surface area contributed by atoms with E-state index in [-0.39, 0.29) is 12.0 Å². The molecule has 0 unspecified atom stereocenters. The lowest BCUT2D eigenvalue weighted by Crippen LogP contribution is -2.42. The van der Waals surface area contributed by atoms with E-state index >= 15 is 0 Å². The molecule has 2 aromatic carbocycles. The van der Waals surface area contributed by atoms with Crippen molar-refractivity contribution in [1.29, 1.82) is 0 Å². The number of hydrogen-bond acceptors (Lipinski definition) is 6. The number of aliphatic hydroxyl groups excluding tert-OH is 2. The van der Waals surface area contributed by atoms with E-state index < -0.39 is 29.1 Å². The fraction of sp³-hybridized carbons (Fsp3) is 0.433. The Kier molecular flexibility index (Phi) is 9.01. The van der Waals surface area contributed by atoms with Crippen LogP contribution in [0.5, 0.6) is 5.75 Å². The number of likely N-dealkylation sites (tertiary alicyclic amines) is 1. The van der Waals surface area contributed by atoms with Crippen LogP contribution in [-0.4, -0.2) is 67.5 Å². The molecule has 0 aliphatic carbocycles. The number of rotatable bonds is 8. The summed E-state index contributed by atoms with van der Waals surface area (Å²) in [6.07, 6.45) is 3.47. The van der Waals surface area contributed by atoms with E-state index in [4.69, 9.17) is 4.74 Å². The number of nitrogens with zero attached hydrogens (tertiary/aromatic N) is 3. The Morgan fingerprint density at radius 1 is 1.13 bits per heavy atom. The highest BCUT2D eigenvalue weighted by Crippen LogP contribution is 2.41. The quantitative estimate of drug-likeness (QED) is 0.404. The van der Waals surface area contributed by atoms with Gasteiger partial charge in [-0.25, -0.2) is 13.2 Å². The van der Waals surface area contributed by atoms with Crippen LogP contribution in [-0.2, 0) is 0 Å². The Hall–Kier alpha value is -3.32. The number of fused-ring (bicyclic) bond motifs is 1. The average molecular weight is 542 g/mol. The number of halogens is 3.